The minimum Gasteiger partial charge on any atom is -0.502 e. The van der Waals surface area contributed by atoms with Gasteiger partial charge in [-0.15, -0.1) is 0 Å². The van der Waals surface area contributed by atoms with Gasteiger partial charge in [0, 0.05) is 6.07 Å². The molecule has 1 fully saturated rings. The predicted octanol–water partition coefficient (Wildman–Crippen LogP) is 4.85. The first-order valence-corrected chi connectivity index (χ1v) is 8.55. The summed E-state index contributed by atoms with van der Waals surface area (Å²) in [5, 5.41) is 20.3. The molecular formula is C16H8Cl2N2O5S. The van der Waals surface area contributed by atoms with E-state index in [1.54, 1.807) is 0 Å². The summed E-state index contributed by atoms with van der Waals surface area (Å²) in [5.41, 5.74) is 0.0681. The Kier molecular flexibility index (Phi) is 4.90. The van der Waals surface area contributed by atoms with E-state index >= 15 is 0 Å². The summed E-state index contributed by atoms with van der Waals surface area (Å²) in [5.74, 6) is -1.08. The fourth-order valence-corrected chi connectivity index (χ4v) is 3.38. The molecule has 0 aromatic heterocycles. The number of rotatable bonds is 3. The largest absolute Gasteiger partial charge is 0.502 e. The molecule has 1 saturated heterocycles. The van der Waals surface area contributed by atoms with Crippen LogP contribution in [0.2, 0.25) is 10.0 Å². The number of hydrogen-bond acceptors (Lipinski definition) is 6. The molecule has 0 saturated carbocycles. The lowest BCUT2D eigenvalue weighted by Gasteiger charge is -2.13. The molecule has 10 heteroatoms. The van der Waals surface area contributed by atoms with E-state index in [0.29, 0.717) is 17.3 Å². The summed E-state index contributed by atoms with van der Waals surface area (Å²) >= 11 is 12.5. The van der Waals surface area contributed by atoms with E-state index in [-0.39, 0.29) is 20.6 Å². The molecular weight excluding hydrogens is 403 g/mol. The molecule has 0 bridgehead atoms. The maximum Gasteiger partial charge on any atom is 0.311 e. The van der Waals surface area contributed by atoms with Crippen molar-refractivity contribution in [3.05, 3.63) is 67.0 Å². The van der Waals surface area contributed by atoms with Gasteiger partial charge in [-0.25, -0.2) is 4.90 Å². The second kappa shape index (κ2) is 6.99. The van der Waals surface area contributed by atoms with Crippen molar-refractivity contribution in [2.24, 2.45) is 0 Å². The normalized spacial score (nSPS) is 15.8. The van der Waals surface area contributed by atoms with E-state index in [9.17, 15) is 24.8 Å². The number of carbonyl (C=O) groups excluding carboxylic acids is 2. The number of carbonyl (C=O) groups is 2. The second-order valence-corrected chi connectivity index (χ2v) is 6.93. The minimum atomic E-state index is -0.742. The Morgan fingerprint density at radius 3 is 2.50 bits per heavy atom. The number of amides is 2. The van der Waals surface area contributed by atoms with Gasteiger partial charge < -0.3 is 5.11 Å². The summed E-state index contributed by atoms with van der Waals surface area (Å²) in [6, 6.07) is 8.01. The lowest BCUT2D eigenvalue weighted by Crippen LogP contribution is -2.27. The Hall–Kier alpha value is -2.55. The van der Waals surface area contributed by atoms with Crippen molar-refractivity contribution in [1.82, 2.24) is 0 Å². The SMILES string of the molecule is O=C1S/C(=C\c2ccc(O)c([N+](=O)[O-])c2)C(=O)N1c1ccc(Cl)c(Cl)c1. The van der Waals surface area contributed by atoms with Crippen molar-refractivity contribution in [2.45, 2.75) is 0 Å². The molecule has 1 aliphatic rings. The van der Waals surface area contributed by atoms with Crippen molar-refractivity contribution >= 4 is 63.6 Å². The summed E-state index contributed by atoms with van der Waals surface area (Å²) < 4.78 is 0. The van der Waals surface area contributed by atoms with Crippen LogP contribution in [0.25, 0.3) is 6.08 Å². The lowest BCUT2D eigenvalue weighted by molar-refractivity contribution is -0.385. The number of benzene rings is 2. The number of anilines is 1. The minimum absolute atomic E-state index is 0.0843. The Bertz CT molecular complexity index is 993. The van der Waals surface area contributed by atoms with Gasteiger partial charge in [-0.05, 0) is 47.7 Å². The summed E-state index contributed by atoms with van der Waals surface area (Å²) in [6.07, 6.45) is 1.34. The molecule has 3 rings (SSSR count). The third-order valence-corrected chi connectivity index (χ3v) is 5.06. The fraction of sp³-hybridized carbons (Fsp3) is 0. The zero-order chi connectivity index (χ0) is 19.0. The number of imide groups is 1. The number of nitrogens with zero attached hydrogens (tertiary/aromatic N) is 2. The molecule has 1 N–H and O–H groups in total. The van der Waals surface area contributed by atoms with Crippen LogP contribution in [-0.4, -0.2) is 21.2 Å². The molecule has 2 amide bonds. The van der Waals surface area contributed by atoms with Gasteiger partial charge in [-0.1, -0.05) is 29.3 Å². The molecule has 0 radical (unpaired) electrons. The average Bonchev–Trinajstić information content (AvgIpc) is 2.85. The van der Waals surface area contributed by atoms with Gasteiger partial charge in [0.1, 0.15) is 0 Å². The number of thioether (sulfide) groups is 1. The van der Waals surface area contributed by atoms with Crippen LogP contribution in [0.5, 0.6) is 5.75 Å². The molecule has 7 nitrogen and oxygen atoms in total. The van der Waals surface area contributed by atoms with Crippen LogP contribution in [0.1, 0.15) is 5.56 Å². The van der Waals surface area contributed by atoms with Gasteiger partial charge in [0.05, 0.1) is 25.6 Å². The number of phenols is 1. The Balaban J connectivity index is 1.96. The highest BCUT2D eigenvalue weighted by molar-refractivity contribution is 8.19. The van der Waals surface area contributed by atoms with Crippen molar-refractivity contribution in [3.8, 4) is 5.75 Å². The Morgan fingerprint density at radius 1 is 1.12 bits per heavy atom. The molecule has 0 spiro atoms. The van der Waals surface area contributed by atoms with Crippen molar-refractivity contribution in [2.75, 3.05) is 4.90 Å². The van der Waals surface area contributed by atoms with Crippen molar-refractivity contribution < 1.29 is 19.6 Å². The molecule has 26 heavy (non-hydrogen) atoms. The molecule has 132 valence electrons. The van der Waals surface area contributed by atoms with Gasteiger partial charge in [-0.3, -0.25) is 19.7 Å². The maximum absolute atomic E-state index is 12.6. The standard InChI is InChI=1S/C16H8Cl2N2O5S/c17-10-3-2-9(7-11(10)18)19-15(22)14(26-16(19)23)6-8-1-4-13(21)12(5-8)20(24)25/h1-7,21H/b14-6-. The van der Waals surface area contributed by atoms with Crippen LogP contribution >= 0.6 is 35.0 Å². The van der Waals surface area contributed by atoms with E-state index in [0.717, 1.165) is 17.0 Å². The topological polar surface area (TPSA) is 101 Å². The molecule has 0 atom stereocenters. The van der Waals surface area contributed by atoms with Gasteiger partial charge in [0.15, 0.2) is 5.75 Å². The van der Waals surface area contributed by atoms with Gasteiger partial charge >= 0.3 is 5.69 Å². The number of halogens is 2. The third-order valence-electron chi connectivity index (χ3n) is 3.45. The zero-order valence-corrected chi connectivity index (χ0v) is 15.0. The van der Waals surface area contributed by atoms with Crippen molar-refractivity contribution in [3.63, 3.8) is 0 Å². The second-order valence-electron chi connectivity index (χ2n) is 5.12. The van der Waals surface area contributed by atoms with Gasteiger partial charge in [0.25, 0.3) is 11.1 Å². The van der Waals surface area contributed by atoms with Crippen molar-refractivity contribution in [1.29, 1.82) is 0 Å². The molecule has 2 aromatic rings. The molecule has 0 aliphatic carbocycles. The number of aromatic hydroxyl groups is 1. The summed E-state index contributed by atoms with van der Waals surface area (Å²) in [7, 11) is 0. The quantitative estimate of drug-likeness (QED) is 0.440. The fourth-order valence-electron chi connectivity index (χ4n) is 2.24. The average molecular weight is 411 g/mol. The van der Waals surface area contributed by atoms with Crippen LogP contribution in [0.15, 0.2) is 41.3 Å². The highest BCUT2D eigenvalue weighted by Gasteiger charge is 2.36. The Morgan fingerprint density at radius 2 is 1.85 bits per heavy atom. The summed E-state index contributed by atoms with van der Waals surface area (Å²) in [4.78, 5) is 35.9. The van der Waals surface area contributed by atoms with Gasteiger partial charge in [0.2, 0.25) is 0 Å². The molecule has 2 aromatic carbocycles. The molecule has 1 heterocycles. The first kappa shape index (κ1) is 18.2. The highest BCUT2D eigenvalue weighted by Crippen LogP contribution is 2.38. The van der Waals surface area contributed by atoms with E-state index < -0.39 is 27.5 Å². The maximum atomic E-state index is 12.6. The zero-order valence-electron chi connectivity index (χ0n) is 12.7. The summed E-state index contributed by atoms with van der Waals surface area (Å²) in [6.45, 7) is 0. The molecule has 1 aliphatic heterocycles. The van der Waals surface area contributed by atoms with Crippen LogP contribution in [-0.2, 0) is 4.79 Å². The Labute approximate surface area is 161 Å². The van der Waals surface area contributed by atoms with Crippen LogP contribution in [0, 0.1) is 10.1 Å². The number of phenolic OH excluding ortho intramolecular Hbond substituents is 1. The van der Waals surface area contributed by atoms with E-state index in [1.165, 1.54) is 30.3 Å². The number of nitro benzene ring substituents is 1. The molecule has 0 unspecified atom stereocenters. The van der Waals surface area contributed by atoms with Gasteiger partial charge in [-0.2, -0.15) is 0 Å². The van der Waals surface area contributed by atoms with Crippen LogP contribution in [0.3, 0.4) is 0 Å². The van der Waals surface area contributed by atoms with E-state index in [1.807, 2.05) is 0 Å². The van der Waals surface area contributed by atoms with E-state index in [4.69, 9.17) is 23.2 Å². The first-order chi connectivity index (χ1) is 12.3. The van der Waals surface area contributed by atoms with E-state index in [2.05, 4.69) is 0 Å². The lowest BCUT2D eigenvalue weighted by atomic mass is 10.1. The monoisotopic (exact) mass is 410 g/mol. The number of nitro groups is 1. The first-order valence-electron chi connectivity index (χ1n) is 6.98. The smallest absolute Gasteiger partial charge is 0.311 e. The third kappa shape index (κ3) is 3.39. The highest BCUT2D eigenvalue weighted by atomic mass is 35.5. The number of hydrogen-bond donors (Lipinski definition) is 1. The van der Waals surface area contributed by atoms with Crippen LogP contribution in [0.4, 0.5) is 16.2 Å². The van der Waals surface area contributed by atoms with Crippen LogP contribution < -0.4 is 4.90 Å². The predicted molar refractivity (Wildman–Crippen MR) is 99.7 cm³/mol.